The fraction of sp³-hybridized carbons (Fsp3) is 0.571. The van der Waals surface area contributed by atoms with Gasteiger partial charge in [0, 0.05) is 32.6 Å². The third-order valence-corrected chi connectivity index (χ3v) is 6.13. The number of hydrogen-bond donors (Lipinski definition) is 1. The van der Waals surface area contributed by atoms with Crippen molar-refractivity contribution in [1.82, 2.24) is 20.2 Å². The van der Waals surface area contributed by atoms with E-state index in [0.29, 0.717) is 32.7 Å². The Bertz CT molecular complexity index is 763. The molecule has 8 nitrogen and oxygen atoms in total. The zero-order chi connectivity index (χ0) is 20.4. The minimum atomic E-state index is -0.449. The predicted molar refractivity (Wildman–Crippen MR) is 105 cm³/mol. The Labute approximate surface area is 170 Å². The molecule has 0 unspecified atom stereocenters. The minimum absolute atomic E-state index is 0.00549. The van der Waals surface area contributed by atoms with Gasteiger partial charge in [0.05, 0.1) is 6.04 Å². The molecule has 4 rings (SSSR count). The van der Waals surface area contributed by atoms with Crippen LogP contribution in [0.25, 0.3) is 0 Å². The van der Waals surface area contributed by atoms with Gasteiger partial charge in [0.25, 0.3) is 0 Å². The Morgan fingerprint density at radius 3 is 2.52 bits per heavy atom. The molecule has 1 N–H and O–H groups in total. The van der Waals surface area contributed by atoms with Gasteiger partial charge in [0.1, 0.15) is 12.6 Å². The highest BCUT2D eigenvalue weighted by Gasteiger charge is 2.48. The van der Waals surface area contributed by atoms with E-state index in [4.69, 9.17) is 4.84 Å². The number of piperidine rings is 2. The summed E-state index contributed by atoms with van der Waals surface area (Å²) in [6.07, 6.45) is 2.89. The lowest BCUT2D eigenvalue weighted by molar-refractivity contribution is -0.140. The summed E-state index contributed by atoms with van der Waals surface area (Å²) in [5, 5.41) is 4.54. The fourth-order valence-electron chi connectivity index (χ4n) is 4.42. The number of rotatable bonds is 5. The number of benzene rings is 1. The van der Waals surface area contributed by atoms with Crippen LogP contribution in [-0.2, 0) is 21.0 Å². The first-order chi connectivity index (χ1) is 14.0. The smallest absolute Gasteiger partial charge is 0.345 e. The Balaban J connectivity index is 1.31. The molecule has 3 fully saturated rings. The first-order valence-corrected chi connectivity index (χ1v) is 10.4. The lowest BCUT2D eigenvalue weighted by Gasteiger charge is -2.34. The van der Waals surface area contributed by atoms with Gasteiger partial charge in [-0.2, -0.15) is 5.06 Å². The van der Waals surface area contributed by atoms with E-state index in [1.54, 1.807) is 16.7 Å². The maximum atomic E-state index is 12.9. The van der Waals surface area contributed by atoms with Crippen molar-refractivity contribution in [1.29, 1.82) is 0 Å². The topological polar surface area (TPSA) is 82.2 Å². The fourth-order valence-corrected chi connectivity index (χ4v) is 4.42. The van der Waals surface area contributed by atoms with Gasteiger partial charge < -0.3 is 15.1 Å². The Morgan fingerprint density at radius 2 is 1.83 bits per heavy atom. The Morgan fingerprint density at radius 1 is 1.10 bits per heavy atom. The molecular formula is C21H28N4O4. The molecule has 2 bridgehead atoms. The number of carbonyl (C=O) groups is 3. The molecule has 0 aromatic heterocycles. The molecule has 0 aliphatic carbocycles. The predicted octanol–water partition coefficient (Wildman–Crippen LogP) is 1.51. The van der Waals surface area contributed by atoms with E-state index in [9.17, 15) is 14.4 Å². The van der Waals surface area contributed by atoms with Crippen LogP contribution in [0.5, 0.6) is 0 Å². The highest BCUT2D eigenvalue weighted by molar-refractivity contribution is 5.88. The van der Waals surface area contributed by atoms with E-state index in [1.807, 2.05) is 30.3 Å². The normalized spacial score (nSPS) is 24.7. The van der Waals surface area contributed by atoms with Gasteiger partial charge in [-0.3, -0.25) is 14.4 Å². The second-order valence-electron chi connectivity index (χ2n) is 8.06. The van der Waals surface area contributed by atoms with Gasteiger partial charge in [-0.15, -0.1) is 0 Å². The van der Waals surface area contributed by atoms with Gasteiger partial charge in [-0.25, -0.2) is 4.79 Å². The summed E-state index contributed by atoms with van der Waals surface area (Å²) in [5.41, 5.74) is 1.00. The summed E-state index contributed by atoms with van der Waals surface area (Å²) in [6, 6.07) is 9.11. The Hall–Kier alpha value is -2.61. The summed E-state index contributed by atoms with van der Waals surface area (Å²) in [4.78, 5) is 46.4. The molecule has 29 heavy (non-hydrogen) atoms. The van der Waals surface area contributed by atoms with E-state index in [0.717, 1.165) is 24.8 Å². The van der Waals surface area contributed by atoms with Crippen LogP contribution in [0.4, 0.5) is 4.79 Å². The number of hydrogen-bond acceptors (Lipinski definition) is 4. The van der Waals surface area contributed by atoms with Gasteiger partial charge >= 0.3 is 6.03 Å². The van der Waals surface area contributed by atoms with E-state index >= 15 is 0 Å². The molecule has 156 valence electrons. The third-order valence-electron chi connectivity index (χ3n) is 6.13. The van der Waals surface area contributed by atoms with Gasteiger partial charge in [0.2, 0.25) is 11.8 Å². The van der Waals surface area contributed by atoms with Crippen LogP contribution in [-0.4, -0.2) is 70.5 Å². The van der Waals surface area contributed by atoms with Crippen molar-refractivity contribution < 1.29 is 19.2 Å². The lowest BCUT2D eigenvalue weighted by atomic mass is 9.99. The van der Waals surface area contributed by atoms with Crippen LogP contribution in [0.15, 0.2) is 30.3 Å². The van der Waals surface area contributed by atoms with Crippen LogP contribution in [0, 0.1) is 0 Å². The summed E-state index contributed by atoms with van der Waals surface area (Å²) in [6.45, 7) is 3.76. The first kappa shape index (κ1) is 19.7. The summed E-state index contributed by atoms with van der Waals surface area (Å²) >= 11 is 0. The van der Waals surface area contributed by atoms with Crippen molar-refractivity contribution in [3.8, 4) is 0 Å². The number of hydroxylamine groups is 2. The summed E-state index contributed by atoms with van der Waals surface area (Å²) < 4.78 is 0. The number of carbonyl (C=O) groups excluding carboxylic acids is 3. The second kappa shape index (κ2) is 8.41. The molecule has 1 aromatic rings. The van der Waals surface area contributed by atoms with Crippen LogP contribution in [0.2, 0.25) is 0 Å². The molecule has 1 aromatic carbocycles. The number of amides is 4. The van der Waals surface area contributed by atoms with Gasteiger partial charge in [-0.05, 0) is 31.2 Å². The van der Waals surface area contributed by atoms with Gasteiger partial charge in [0.15, 0.2) is 0 Å². The SMILES string of the molecule is CC(=O)N1CCC(NC(=O)[C@@H]2CC[C@@H]3CN2C(=O)N3OCc2ccccc2)CC1. The van der Waals surface area contributed by atoms with Gasteiger partial charge in [-0.1, -0.05) is 30.3 Å². The van der Waals surface area contributed by atoms with Crippen molar-refractivity contribution in [3.05, 3.63) is 35.9 Å². The van der Waals surface area contributed by atoms with E-state index < -0.39 is 6.04 Å². The number of likely N-dealkylation sites (tertiary alicyclic amines) is 1. The average molecular weight is 400 g/mol. The highest BCUT2D eigenvalue weighted by atomic mass is 16.7. The zero-order valence-electron chi connectivity index (χ0n) is 16.8. The second-order valence-corrected chi connectivity index (χ2v) is 8.06. The van der Waals surface area contributed by atoms with E-state index in [-0.39, 0.29) is 29.9 Å². The molecule has 0 saturated carbocycles. The lowest BCUT2D eigenvalue weighted by Crippen LogP contribution is -2.54. The molecule has 2 atom stereocenters. The van der Waals surface area contributed by atoms with E-state index in [2.05, 4.69) is 5.32 Å². The van der Waals surface area contributed by atoms with Crippen molar-refractivity contribution in [2.24, 2.45) is 0 Å². The van der Waals surface area contributed by atoms with Crippen molar-refractivity contribution >= 4 is 17.8 Å². The molecule has 4 amide bonds. The molecule has 3 saturated heterocycles. The number of nitrogens with one attached hydrogen (secondary N) is 1. The molecular weight excluding hydrogens is 372 g/mol. The average Bonchev–Trinajstić information content (AvgIpc) is 2.97. The molecule has 3 aliphatic rings. The van der Waals surface area contributed by atoms with Crippen LogP contribution in [0.1, 0.15) is 38.2 Å². The first-order valence-electron chi connectivity index (χ1n) is 10.4. The number of nitrogens with zero attached hydrogens (tertiary/aromatic N) is 3. The number of fused-ring (bicyclic) bond motifs is 2. The molecule has 0 spiro atoms. The Kier molecular flexibility index (Phi) is 5.71. The molecule has 3 aliphatic heterocycles. The maximum absolute atomic E-state index is 12.9. The minimum Gasteiger partial charge on any atom is -0.351 e. The summed E-state index contributed by atoms with van der Waals surface area (Å²) in [5.74, 6) is -0.0191. The largest absolute Gasteiger partial charge is 0.351 e. The summed E-state index contributed by atoms with van der Waals surface area (Å²) in [7, 11) is 0. The molecule has 3 heterocycles. The zero-order valence-corrected chi connectivity index (χ0v) is 16.8. The van der Waals surface area contributed by atoms with Crippen LogP contribution in [0.3, 0.4) is 0 Å². The van der Waals surface area contributed by atoms with Crippen molar-refractivity contribution in [3.63, 3.8) is 0 Å². The maximum Gasteiger partial charge on any atom is 0.345 e. The van der Waals surface area contributed by atoms with Crippen molar-refractivity contribution in [2.75, 3.05) is 19.6 Å². The van der Waals surface area contributed by atoms with Crippen molar-refractivity contribution in [2.45, 2.75) is 57.3 Å². The third kappa shape index (κ3) is 4.22. The quantitative estimate of drug-likeness (QED) is 0.812. The van der Waals surface area contributed by atoms with Crippen LogP contribution < -0.4 is 5.32 Å². The molecule has 0 radical (unpaired) electrons. The highest BCUT2D eigenvalue weighted by Crippen LogP contribution is 2.30. The monoisotopic (exact) mass is 400 g/mol. The molecule has 8 heteroatoms. The standard InChI is InChI=1S/C21H28N4O4/c1-15(26)23-11-9-17(10-12-23)22-20(27)19-8-7-18-13-24(19)21(28)25(18)29-14-16-5-3-2-4-6-16/h2-6,17-19H,7-14H2,1H3,(H,22,27)/t18-,19+/m1/s1. The van der Waals surface area contributed by atoms with Crippen LogP contribution >= 0.6 is 0 Å². The number of urea groups is 1. The van der Waals surface area contributed by atoms with E-state index in [1.165, 1.54) is 5.06 Å².